The average molecular weight is 465 g/mol. The fourth-order valence-electron chi connectivity index (χ4n) is 6.69. The third-order valence-electron chi connectivity index (χ3n) is 8.18. The molecule has 4 aliphatic rings. The Morgan fingerprint density at radius 3 is 2.24 bits per heavy atom. The largest absolute Gasteiger partial charge is 0.481 e. The summed E-state index contributed by atoms with van der Waals surface area (Å²) < 4.78 is 10.7. The Kier molecular flexibility index (Phi) is 7.90. The van der Waals surface area contributed by atoms with Gasteiger partial charge in [0.05, 0.1) is 23.7 Å². The molecular formula is C26H40O7. The summed E-state index contributed by atoms with van der Waals surface area (Å²) in [6.45, 7) is 9.06. The Morgan fingerprint density at radius 2 is 1.70 bits per heavy atom. The number of hydrogen-bond donors (Lipinski definition) is 1. The van der Waals surface area contributed by atoms with Gasteiger partial charge in [0, 0.05) is 0 Å². The fourth-order valence-corrected chi connectivity index (χ4v) is 6.69. The van der Waals surface area contributed by atoms with E-state index in [2.05, 4.69) is 6.92 Å². The lowest BCUT2D eigenvalue weighted by Gasteiger charge is -2.50. The summed E-state index contributed by atoms with van der Waals surface area (Å²) in [5, 5.41) is 9.36. The van der Waals surface area contributed by atoms with Crippen molar-refractivity contribution in [3.8, 4) is 0 Å². The van der Waals surface area contributed by atoms with Crippen molar-refractivity contribution in [2.45, 2.75) is 91.6 Å². The van der Waals surface area contributed by atoms with Crippen LogP contribution >= 0.6 is 0 Å². The molecular weight excluding hydrogens is 424 g/mol. The molecule has 1 aliphatic heterocycles. The zero-order chi connectivity index (χ0) is 24.5. The highest BCUT2D eigenvalue weighted by Gasteiger charge is 2.55. The van der Waals surface area contributed by atoms with E-state index in [1.807, 2.05) is 0 Å². The van der Waals surface area contributed by atoms with Gasteiger partial charge < -0.3 is 14.6 Å². The predicted octanol–water partition coefficient (Wildman–Crippen LogP) is 4.61. The van der Waals surface area contributed by atoms with Crippen LogP contribution in [0.2, 0.25) is 0 Å². The molecule has 0 amide bonds. The molecule has 2 bridgehead atoms. The molecule has 0 aromatic carbocycles. The molecule has 4 fully saturated rings. The third kappa shape index (κ3) is 5.78. The number of carboxylic acids is 1. The van der Waals surface area contributed by atoms with E-state index in [1.54, 1.807) is 27.7 Å². The summed E-state index contributed by atoms with van der Waals surface area (Å²) in [6, 6.07) is 0. The highest BCUT2D eigenvalue weighted by Crippen LogP contribution is 2.55. The number of hydrogen-bond acceptors (Lipinski definition) is 6. The first-order chi connectivity index (χ1) is 15.4. The van der Waals surface area contributed by atoms with Gasteiger partial charge in [0.15, 0.2) is 0 Å². The second-order valence-electron chi connectivity index (χ2n) is 11.5. The molecule has 6 atom stereocenters. The quantitative estimate of drug-likeness (QED) is 0.392. The van der Waals surface area contributed by atoms with Gasteiger partial charge in [-0.3, -0.25) is 19.2 Å². The molecule has 6 unspecified atom stereocenters. The van der Waals surface area contributed by atoms with Crippen molar-refractivity contribution in [1.82, 2.24) is 0 Å². The van der Waals surface area contributed by atoms with E-state index in [-0.39, 0.29) is 12.3 Å². The van der Waals surface area contributed by atoms with Crippen LogP contribution in [-0.2, 0) is 28.7 Å². The Hall–Kier alpha value is -1.92. The SMILES string of the molecule is CCC1C2CCC(CC2)C1C1C(=O)OC(=O)C1CCC(CC(C)C(=O)O)C(=O)OC(C)(C)C. The summed E-state index contributed by atoms with van der Waals surface area (Å²) in [5.41, 5.74) is -0.692. The molecule has 1 heterocycles. The predicted molar refractivity (Wildman–Crippen MR) is 121 cm³/mol. The molecule has 4 rings (SSSR count). The molecule has 0 aromatic heterocycles. The van der Waals surface area contributed by atoms with Crippen LogP contribution < -0.4 is 0 Å². The topological polar surface area (TPSA) is 107 Å². The van der Waals surface area contributed by atoms with Crippen LogP contribution in [0.5, 0.6) is 0 Å². The summed E-state index contributed by atoms with van der Waals surface area (Å²) in [6.07, 6.45) is 6.37. The van der Waals surface area contributed by atoms with Gasteiger partial charge in [-0.1, -0.05) is 20.3 Å². The second kappa shape index (κ2) is 10.1. The molecule has 1 saturated heterocycles. The lowest BCUT2D eigenvalue weighted by atomic mass is 9.53. The smallest absolute Gasteiger partial charge is 0.317 e. The molecule has 186 valence electrons. The van der Waals surface area contributed by atoms with Crippen molar-refractivity contribution in [1.29, 1.82) is 0 Å². The first-order valence-corrected chi connectivity index (χ1v) is 12.6. The number of ether oxygens (including phenoxy) is 2. The number of aliphatic carboxylic acids is 1. The van der Waals surface area contributed by atoms with E-state index >= 15 is 0 Å². The Labute approximate surface area is 197 Å². The molecule has 0 radical (unpaired) electrons. The van der Waals surface area contributed by atoms with Crippen LogP contribution in [0.4, 0.5) is 0 Å². The van der Waals surface area contributed by atoms with E-state index in [4.69, 9.17) is 9.47 Å². The van der Waals surface area contributed by atoms with Crippen molar-refractivity contribution in [2.75, 3.05) is 0 Å². The molecule has 0 aromatic rings. The van der Waals surface area contributed by atoms with Gasteiger partial charge in [-0.05, 0) is 89.4 Å². The Bertz CT molecular complexity index is 759. The molecule has 0 spiro atoms. The highest BCUT2D eigenvalue weighted by molar-refractivity contribution is 5.96. The Morgan fingerprint density at radius 1 is 1.09 bits per heavy atom. The van der Waals surface area contributed by atoms with Crippen LogP contribution in [0.3, 0.4) is 0 Å². The second-order valence-corrected chi connectivity index (χ2v) is 11.5. The molecule has 7 heteroatoms. The number of carboxylic acid groups (broad SMARTS) is 1. The van der Waals surface area contributed by atoms with Crippen LogP contribution in [0.1, 0.15) is 86.0 Å². The minimum atomic E-state index is -0.971. The summed E-state index contributed by atoms with van der Waals surface area (Å²) >= 11 is 0. The maximum Gasteiger partial charge on any atom is 0.317 e. The third-order valence-corrected chi connectivity index (χ3v) is 8.18. The molecule has 33 heavy (non-hydrogen) atoms. The number of esters is 3. The van der Waals surface area contributed by atoms with Gasteiger partial charge >= 0.3 is 23.9 Å². The standard InChI is InChI=1S/C26H40O7/c1-6-18-15-7-9-16(10-8-15)20(18)21-19(24(30)32-25(21)31)12-11-17(13-14(2)22(27)28)23(29)33-26(3,4)5/h14-21H,6-13H2,1-5H3,(H,27,28). The minimum absolute atomic E-state index is 0.135. The van der Waals surface area contributed by atoms with Crippen LogP contribution in [0, 0.1) is 47.3 Å². The maximum absolute atomic E-state index is 12.9. The van der Waals surface area contributed by atoms with Crippen molar-refractivity contribution >= 4 is 23.9 Å². The average Bonchev–Trinajstić information content (AvgIpc) is 3.02. The maximum atomic E-state index is 12.9. The van der Waals surface area contributed by atoms with Gasteiger partial charge in [-0.15, -0.1) is 0 Å². The van der Waals surface area contributed by atoms with Gasteiger partial charge in [0.1, 0.15) is 5.60 Å². The van der Waals surface area contributed by atoms with Gasteiger partial charge in [0.2, 0.25) is 0 Å². The van der Waals surface area contributed by atoms with Crippen LogP contribution in [0.15, 0.2) is 0 Å². The lowest BCUT2D eigenvalue weighted by Crippen LogP contribution is -2.46. The number of carbonyl (C=O) groups excluding carboxylic acids is 3. The van der Waals surface area contributed by atoms with E-state index in [9.17, 15) is 24.3 Å². The zero-order valence-electron chi connectivity index (χ0n) is 20.7. The summed E-state index contributed by atoms with van der Waals surface area (Å²) in [5.74, 6) is -3.06. The summed E-state index contributed by atoms with van der Waals surface area (Å²) in [7, 11) is 0. The number of carbonyl (C=O) groups is 4. The number of fused-ring (bicyclic) bond motifs is 3. The minimum Gasteiger partial charge on any atom is -0.481 e. The highest BCUT2D eigenvalue weighted by atomic mass is 16.6. The van der Waals surface area contributed by atoms with E-state index in [0.717, 1.165) is 19.3 Å². The van der Waals surface area contributed by atoms with Crippen molar-refractivity contribution in [2.24, 2.45) is 47.3 Å². The van der Waals surface area contributed by atoms with E-state index < -0.39 is 53.1 Å². The van der Waals surface area contributed by atoms with Crippen LogP contribution in [-0.4, -0.2) is 34.6 Å². The Balaban J connectivity index is 1.77. The molecule has 1 N–H and O–H groups in total. The van der Waals surface area contributed by atoms with E-state index in [1.165, 1.54) is 12.8 Å². The first-order valence-electron chi connectivity index (χ1n) is 12.6. The summed E-state index contributed by atoms with van der Waals surface area (Å²) in [4.78, 5) is 49.9. The van der Waals surface area contributed by atoms with Crippen molar-refractivity contribution in [3.63, 3.8) is 0 Å². The van der Waals surface area contributed by atoms with Gasteiger partial charge in [0.25, 0.3) is 0 Å². The first kappa shape index (κ1) is 25.7. The number of rotatable bonds is 9. The molecule has 3 aliphatic carbocycles. The van der Waals surface area contributed by atoms with Crippen molar-refractivity contribution < 1.29 is 33.8 Å². The van der Waals surface area contributed by atoms with Crippen molar-refractivity contribution in [3.05, 3.63) is 0 Å². The fraction of sp³-hybridized carbons (Fsp3) is 0.846. The van der Waals surface area contributed by atoms with Crippen LogP contribution in [0.25, 0.3) is 0 Å². The molecule has 7 nitrogen and oxygen atoms in total. The van der Waals surface area contributed by atoms with Gasteiger partial charge in [-0.2, -0.15) is 0 Å². The number of cyclic esters (lactones) is 2. The van der Waals surface area contributed by atoms with E-state index in [0.29, 0.717) is 30.6 Å². The van der Waals surface area contributed by atoms with Gasteiger partial charge in [-0.25, -0.2) is 0 Å². The zero-order valence-corrected chi connectivity index (χ0v) is 20.7. The monoisotopic (exact) mass is 464 g/mol. The molecule has 3 saturated carbocycles. The normalized spacial score (nSPS) is 33.5. The lowest BCUT2D eigenvalue weighted by molar-refractivity contribution is -0.162.